The molecule has 8 nitrogen and oxygen atoms in total. The number of thioether (sulfide) groups is 1. The summed E-state index contributed by atoms with van der Waals surface area (Å²) in [5.41, 5.74) is 0.764. The molecule has 0 saturated carbocycles. The first kappa shape index (κ1) is 15.8. The summed E-state index contributed by atoms with van der Waals surface area (Å²) in [7, 11) is 0. The van der Waals surface area contributed by atoms with Gasteiger partial charge in [-0.2, -0.15) is 5.10 Å². The first-order valence-electron chi connectivity index (χ1n) is 6.20. The molecule has 1 aliphatic heterocycles. The Labute approximate surface area is 129 Å². The number of aliphatic carboxylic acids is 1. The van der Waals surface area contributed by atoms with Crippen molar-refractivity contribution >= 4 is 34.5 Å². The zero-order valence-electron chi connectivity index (χ0n) is 11.5. The highest BCUT2D eigenvalue weighted by molar-refractivity contribution is 8.15. The van der Waals surface area contributed by atoms with Gasteiger partial charge in [0.2, 0.25) is 5.91 Å². The summed E-state index contributed by atoms with van der Waals surface area (Å²) in [5.74, 6) is -1.71. The van der Waals surface area contributed by atoms with Gasteiger partial charge in [-0.3, -0.25) is 9.59 Å². The van der Waals surface area contributed by atoms with Gasteiger partial charge in [0.05, 0.1) is 12.1 Å². The van der Waals surface area contributed by atoms with Gasteiger partial charge < -0.3 is 20.6 Å². The van der Waals surface area contributed by atoms with E-state index in [-0.39, 0.29) is 23.1 Å². The third-order valence-electron chi connectivity index (χ3n) is 2.80. The van der Waals surface area contributed by atoms with Crippen LogP contribution in [0.2, 0.25) is 0 Å². The number of carbonyl (C=O) groups is 2. The van der Waals surface area contributed by atoms with Gasteiger partial charge in [-0.15, -0.1) is 5.10 Å². The second kappa shape index (κ2) is 6.48. The maximum Gasteiger partial charge on any atom is 0.305 e. The van der Waals surface area contributed by atoms with E-state index in [1.165, 1.54) is 18.2 Å². The number of phenols is 2. The first-order chi connectivity index (χ1) is 10.4. The van der Waals surface area contributed by atoms with Crippen molar-refractivity contribution in [1.82, 2.24) is 5.32 Å². The molecule has 9 heteroatoms. The molecule has 0 radical (unpaired) electrons. The topological polar surface area (TPSA) is 132 Å². The zero-order valence-corrected chi connectivity index (χ0v) is 12.3. The third-order valence-corrected chi connectivity index (χ3v) is 3.87. The zero-order chi connectivity index (χ0) is 16.3. The fourth-order valence-corrected chi connectivity index (χ4v) is 2.65. The van der Waals surface area contributed by atoms with Crippen molar-refractivity contribution in [3.63, 3.8) is 0 Å². The number of hydrogen-bond acceptors (Lipinski definition) is 7. The van der Waals surface area contributed by atoms with Crippen LogP contribution in [0.15, 0.2) is 28.4 Å². The Morgan fingerprint density at radius 3 is 2.77 bits per heavy atom. The van der Waals surface area contributed by atoms with Crippen LogP contribution in [0, 0.1) is 0 Å². The van der Waals surface area contributed by atoms with Crippen molar-refractivity contribution in [2.45, 2.75) is 18.6 Å². The number of carbonyl (C=O) groups excluding carboxylic acids is 1. The summed E-state index contributed by atoms with van der Waals surface area (Å²) in [5, 5.41) is 37.3. The monoisotopic (exact) mass is 323 g/mol. The lowest BCUT2D eigenvalue weighted by Gasteiger charge is -2.03. The molecule has 4 N–H and O–H groups in total. The minimum atomic E-state index is -1.07. The molecule has 2 rings (SSSR count). The SMILES string of the molecule is C/C(=N\N=C1\NC(=O)C(CC(=O)O)S1)c1ccc(O)cc1O. The number of carboxylic acid groups (broad SMARTS) is 1. The molecule has 1 aromatic carbocycles. The van der Waals surface area contributed by atoms with Gasteiger partial charge >= 0.3 is 5.97 Å². The Hall–Kier alpha value is -2.55. The number of phenolic OH excluding ortho intramolecular Hbond substituents is 2. The van der Waals surface area contributed by atoms with E-state index < -0.39 is 17.1 Å². The molecule has 0 bridgehead atoms. The Kier molecular flexibility index (Phi) is 4.66. The Bertz CT molecular complexity index is 686. The largest absolute Gasteiger partial charge is 0.508 e. The van der Waals surface area contributed by atoms with E-state index >= 15 is 0 Å². The number of amidine groups is 1. The van der Waals surface area contributed by atoms with Crippen LogP contribution in [-0.4, -0.2) is 43.3 Å². The van der Waals surface area contributed by atoms with Gasteiger partial charge in [0.1, 0.15) is 16.7 Å². The van der Waals surface area contributed by atoms with Crippen LogP contribution in [0.1, 0.15) is 18.9 Å². The van der Waals surface area contributed by atoms with Gasteiger partial charge in [-0.1, -0.05) is 11.8 Å². The highest BCUT2D eigenvalue weighted by Crippen LogP contribution is 2.24. The van der Waals surface area contributed by atoms with Crippen LogP contribution in [-0.2, 0) is 9.59 Å². The van der Waals surface area contributed by atoms with Gasteiger partial charge in [0.15, 0.2) is 5.17 Å². The molecule has 22 heavy (non-hydrogen) atoms. The quantitative estimate of drug-likeness (QED) is 0.480. The van der Waals surface area contributed by atoms with Crippen molar-refractivity contribution in [3.05, 3.63) is 23.8 Å². The number of carboxylic acids is 1. The molecule has 0 aliphatic carbocycles. The van der Waals surface area contributed by atoms with Crippen LogP contribution >= 0.6 is 11.8 Å². The fourth-order valence-electron chi connectivity index (χ4n) is 1.75. The molecule has 0 aromatic heterocycles. The lowest BCUT2D eigenvalue weighted by atomic mass is 10.1. The van der Waals surface area contributed by atoms with E-state index in [2.05, 4.69) is 15.5 Å². The van der Waals surface area contributed by atoms with Gasteiger partial charge in [0, 0.05) is 11.6 Å². The highest BCUT2D eigenvalue weighted by Gasteiger charge is 2.32. The van der Waals surface area contributed by atoms with E-state index in [0.29, 0.717) is 11.3 Å². The summed E-state index contributed by atoms with van der Waals surface area (Å²) < 4.78 is 0. The summed E-state index contributed by atoms with van der Waals surface area (Å²) >= 11 is 0.990. The second-order valence-electron chi connectivity index (χ2n) is 4.49. The number of aromatic hydroxyl groups is 2. The Balaban J connectivity index is 2.13. The molecule has 1 unspecified atom stereocenters. The first-order valence-corrected chi connectivity index (χ1v) is 7.08. The molecule has 1 aliphatic rings. The van der Waals surface area contributed by atoms with E-state index in [4.69, 9.17) is 5.11 Å². The molecular weight excluding hydrogens is 310 g/mol. The minimum Gasteiger partial charge on any atom is -0.508 e. The van der Waals surface area contributed by atoms with Crippen LogP contribution in [0.3, 0.4) is 0 Å². The summed E-state index contributed by atoms with van der Waals surface area (Å²) in [6.07, 6.45) is -0.295. The molecule has 1 saturated heterocycles. The van der Waals surface area contributed by atoms with Crippen LogP contribution in [0.25, 0.3) is 0 Å². The van der Waals surface area contributed by atoms with Crippen molar-refractivity contribution in [1.29, 1.82) is 0 Å². The van der Waals surface area contributed by atoms with Crippen LogP contribution in [0.5, 0.6) is 11.5 Å². The van der Waals surface area contributed by atoms with Gasteiger partial charge in [0.25, 0.3) is 0 Å². The van der Waals surface area contributed by atoms with E-state index in [1.54, 1.807) is 6.92 Å². The molecule has 116 valence electrons. The summed E-state index contributed by atoms with van der Waals surface area (Å²) in [6, 6.07) is 4.06. The minimum absolute atomic E-state index is 0.0736. The maximum absolute atomic E-state index is 11.5. The molecular formula is C13H13N3O5S. The molecule has 1 aromatic rings. The van der Waals surface area contributed by atoms with E-state index in [1.807, 2.05) is 0 Å². The number of hydrogen-bond donors (Lipinski definition) is 4. The second-order valence-corrected chi connectivity index (χ2v) is 5.68. The molecule has 0 spiro atoms. The number of nitrogens with zero attached hydrogens (tertiary/aromatic N) is 2. The predicted molar refractivity (Wildman–Crippen MR) is 81.2 cm³/mol. The van der Waals surface area contributed by atoms with Crippen LogP contribution < -0.4 is 5.32 Å². The predicted octanol–water partition coefficient (Wildman–Crippen LogP) is 0.884. The lowest BCUT2D eigenvalue weighted by molar-refractivity contribution is -0.138. The number of benzene rings is 1. The number of amides is 1. The van der Waals surface area contributed by atoms with E-state index in [0.717, 1.165) is 11.8 Å². The molecule has 1 fully saturated rings. The van der Waals surface area contributed by atoms with Crippen LogP contribution in [0.4, 0.5) is 0 Å². The third kappa shape index (κ3) is 3.76. The number of rotatable bonds is 4. The Morgan fingerprint density at radius 2 is 2.14 bits per heavy atom. The lowest BCUT2D eigenvalue weighted by Crippen LogP contribution is -2.26. The Morgan fingerprint density at radius 1 is 1.41 bits per heavy atom. The normalized spacial score (nSPS) is 20.2. The van der Waals surface area contributed by atoms with Crippen molar-refractivity contribution in [2.24, 2.45) is 10.2 Å². The van der Waals surface area contributed by atoms with Crippen molar-refractivity contribution in [3.8, 4) is 11.5 Å². The smallest absolute Gasteiger partial charge is 0.305 e. The van der Waals surface area contributed by atoms with Crippen molar-refractivity contribution in [2.75, 3.05) is 0 Å². The average molecular weight is 323 g/mol. The molecule has 1 heterocycles. The van der Waals surface area contributed by atoms with E-state index in [9.17, 15) is 19.8 Å². The van der Waals surface area contributed by atoms with Crippen molar-refractivity contribution < 1.29 is 24.9 Å². The number of nitrogens with one attached hydrogen (secondary N) is 1. The summed E-state index contributed by atoms with van der Waals surface area (Å²) in [4.78, 5) is 22.1. The highest BCUT2D eigenvalue weighted by atomic mass is 32.2. The average Bonchev–Trinajstić information content (AvgIpc) is 2.76. The standard InChI is InChI=1S/C13H13N3O5S/c1-6(8-3-2-7(17)4-9(8)18)15-16-13-14-12(21)10(22-13)5-11(19)20/h2-4,10,17-18H,5H2,1H3,(H,19,20)(H,14,16,21)/b15-6+. The molecule has 1 amide bonds. The summed E-state index contributed by atoms with van der Waals surface area (Å²) in [6.45, 7) is 1.60. The maximum atomic E-state index is 11.5. The molecule has 1 atom stereocenters. The fraction of sp³-hybridized carbons (Fsp3) is 0.231. The van der Waals surface area contributed by atoms with Gasteiger partial charge in [-0.05, 0) is 19.1 Å². The van der Waals surface area contributed by atoms with Gasteiger partial charge in [-0.25, -0.2) is 0 Å².